The molecule has 0 aromatic heterocycles. The van der Waals surface area contributed by atoms with E-state index < -0.39 is 17.8 Å². The van der Waals surface area contributed by atoms with Gasteiger partial charge in [0.05, 0.1) is 18.9 Å². The summed E-state index contributed by atoms with van der Waals surface area (Å²) in [6.45, 7) is 1.87. The number of halogens is 1. The van der Waals surface area contributed by atoms with Crippen LogP contribution in [0.25, 0.3) is 0 Å². The van der Waals surface area contributed by atoms with Crippen LogP contribution in [0.1, 0.15) is 21.5 Å². The van der Waals surface area contributed by atoms with Gasteiger partial charge >= 0.3 is 17.8 Å². The molecule has 0 aliphatic rings. The van der Waals surface area contributed by atoms with Crippen molar-refractivity contribution in [2.75, 3.05) is 12.4 Å². The number of hydrogen-bond donors (Lipinski definition) is 2. The normalized spacial score (nSPS) is 10.5. The number of amides is 2. The maximum atomic E-state index is 12.5. The predicted octanol–water partition coefficient (Wildman–Crippen LogP) is 4.07. The van der Waals surface area contributed by atoms with Gasteiger partial charge in [-0.25, -0.2) is 10.2 Å². The molecular weight excluding hydrogens is 490 g/mol. The number of carbonyl (C=O) groups excluding carboxylic acids is 3. The molecule has 0 atom stereocenters. The van der Waals surface area contributed by atoms with Gasteiger partial charge in [-0.3, -0.25) is 9.59 Å². The first-order valence-corrected chi connectivity index (χ1v) is 10.5. The molecule has 0 spiro atoms. The van der Waals surface area contributed by atoms with E-state index in [1.807, 2.05) is 13.0 Å². The van der Waals surface area contributed by atoms with Gasteiger partial charge in [-0.05, 0) is 67.1 Å². The van der Waals surface area contributed by atoms with Gasteiger partial charge in [0.15, 0.2) is 0 Å². The second-order valence-electron chi connectivity index (χ2n) is 6.82. The molecule has 0 aliphatic heterocycles. The van der Waals surface area contributed by atoms with Gasteiger partial charge in [0.1, 0.15) is 11.5 Å². The van der Waals surface area contributed by atoms with Crippen molar-refractivity contribution < 1.29 is 23.9 Å². The molecule has 168 valence electrons. The van der Waals surface area contributed by atoms with Crippen molar-refractivity contribution >= 4 is 45.6 Å². The van der Waals surface area contributed by atoms with Crippen molar-refractivity contribution in [2.24, 2.45) is 5.10 Å². The third-order valence-corrected chi connectivity index (χ3v) is 4.85. The Bertz CT molecular complexity index is 1210. The van der Waals surface area contributed by atoms with Gasteiger partial charge in [-0.15, -0.1) is 0 Å². The third-order valence-electron chi connectivity index (χ3n) is 4.35. The van der Waals surface area contributed by atoms with Gasteiger partial charge in [-0.1, -0.05) is 28.1 Å². The van der Waals surface area contributed by atoms with E-state index in [9.17, 15) is 14.4 Å². The summed E-state index contributed by atoms with van der Waals surface area (Å²) < 4.78 is 11.3. The summed E-state index contributed by atoms with van der Waals surface area (Å²) in [4.78, 5) is 36.6. The van der Waals surface area contributed by atoms with Gasteiger partial charge in [0.25, 0.3) is 0 Å². The van der Waals surface area contributed by atoms with Crippen LogP contribution in [0.4, 0.5) is 5.69 Å². The number of anilines is 1. The van der Waals surface area contributed by atoms with Crippen molar-refractivity contribution in [1.82, 2.24) is 5.43 Å². The smallest absolute Gasteiger partial charge is 0.343 e. The number of nitrogens with zero attached hydrogens (tertiary/aromatic N) is 1. The van der Waals surface area contributed by atoms with E-state index in [4.69, 9.17) is 9.47 Å². The van der Waals surface area contributed by atoms with Crippen molar-refractivity contribution in [3.8, 4) is 11.5 Å². The second-order valence-corrected chi connectivity index (χ2v) is 7.74. The van der Waals surface area contributed by atoms with Crippen molar-refractivity contribution in [2.45, 2.75) is 6.92 Å². The van der Waals surface area contributed by atoms with E-state index in [0.29, 0.717) is 27.0 Å². The molecule has 0 saturated heterocycles. The van der Waals surface area contributed by atoms with Gasteiger partial charge in [-0.2, -0.15) is 5.10 Å². The highest BCUT2D eigenvalue weighted by atomic mass is 79.9. The number of nitrogens with one attached hydrogen (secondary N) is 2. The van der Waals surface area contributed by atoms with Crippen LogP contribution < -0.4 is 20.2 Å². The van der Waals surface area contributed by atoms with Gasteiger partial charge in [0, 0.05) is 15.7 Å². The Hall–Kier alpha value is -3.98. The van der Waals surface area contributed by atoms with Crippen LogP contribution in [-0.2, 0) is 9.59 Å². The van der Waals surface area contributed by atoms with Crippen LogP contribution >= 0.6 is 15.9 Å². The zero-order valence-corrected chi connectivity index (χ0v) is 19.4. The Balaban J connectivity index is 1.66. The summed E-state index contributed by atoms with van der Waals surface area (Å²) in [7, 11) is 1.53. The fourth-order valence-electron chi connectivity index (χ4n) is 2.72. The number of aryl methyl sites for hydroxylation is 1. The molecule has 2 N–H and O–H groups in total. The maximum absolute atomic E-state index is 12.5. The molecule has 0 aliphatic carbocycles. The molecule has 9 heteroatoms. The van der Waals surface area contributed by atoms with E-state index in [1.54, 1.807) is 60.7 Å². The summed E-state index contributed by atoms with van der Waals surface area (Å²) >= 11 is 3.34. The molecule has 0 heterocycles. The van der Waals surface area contributed by atoms with Gasteiger partial charge < -0.3 is 14.8 Å². The van der Waals surface area contributed by atoms with Gasteiger partial charge in [0.2, 0.25) is 0 Å². The number of esters is 1. The molecule has 8 nitrogen and oxygen atoms in total. The molecule has 3 aromatic carbocycles. The number of ether oxygens (including phenoxy) is 2. The van der Waals surface area contributed by atoms with Crippen LogP contribution in [0.2, 0.25) is 0 Å². The Labute approximate surface area is 198 Å². The Kier molecular flexibility index (Phi) is 7.93. The zero-order valence-electron chi connectivity index (χ0n) is 17.8. The lowest BCUT2D eigenvalue weighted by Gasteiger charge is -2.09. The molecule has 0 bridgehead atoms. The lowest BCUT2D eigenvalue weighted by molar-refractivity contribution is -0.136. The van der Waals surface area contributed by atoms with Crippen LogP contribution in [0.5, 0.6) is 11.5 Å². The van der Waals surface area contributed by atoms with Crippen LogP contribution in [0.15, 0.2) is 76.3 Å². The molecule has 3 aromatic rings. The average Bonchev–Trinajstić information content (AvgIpc) is 2.80. The van der Waals surface area contributed by atoms with Crippen LogP contribution in [-0.4, -0.2) is 31.1 Å². The van der Waals surface area contributed by atoms with Crippen molar-refractivity contribution in [1.29, 1.82) is 0 Å². The zero-order chi connectivity index (χ0) is 23.8. The molecule has 2 amide bonds. The Morgan fingerprint density at radius 2 is 1.73 bits per heavy atom. The largest absolute Gasteiger partial charge is 0.497 e. The van der Waals surface area contributed by atoms with Crippen LogP contribution in [0.3, 0.4) is 0 Å². The molecule has 3 rings (SSSR count). The SMILES string of the molecule is COc1ccc(C(=O)Oc2ccc(Br)cc2/C=N/NC(=O)C(=O)Nc2cccc(C)c2)cc1. The molecule has 0 radical (unpaired) electrons. The average molecular weight is 510 g/mol. The van der Waals surface area contributed by atoms with E-state index in [2.05, 4.69) is 31.8 Å². The van der Waals surface area contributed by atoms with Crippen molar-refractivity contribution in [3.63, 3.8) is 0 Å². The molecule has 0 unspecified atom stereocenters. The highest BCUT2D eigenvalue weighted by Crippen LogP contribution is 2.23. The van der Waals surface area contributed by atoms with E-state index in [1.165, 1.54) is 13.3 Å². The minimum Gasteiger partial charge on any atom is -0.497 e. The van der Waals surface area contributed by atoms with E-state index in [0.717, 1.165) is 5.56 Å². The number of hydrazone groups is 1. The first-order valence-electron chi connectivity index (χ1n) is 9.72. The third kappa shape index (κ3) is 6.75. The predicted molar refractivity (Wildman–Crippen MR) is 128 cm³/mol. The highest BCUT2D eigenvalue weighted by Gasteiger charge is 2.14. The number of carbonyl (C=O) groups is 3. The first-order chi connectivity index (χ1) is 15.9. The van der Waals surface area contributed by atoms with E-state index in [-0.39, 0.29) is 5.75 Å². The number of methoxy groups -OCH3 is 1. The topological polar surface area (TPSA) is 106 Å². The quantitative estimate of drug-likeness (QED) is 0.171. The lowest BCUT2D eigenvalue weighted by atomic mass is 10.2. The molecule has 0 fully saturated rings. The summed E-state index contributed by atoms with van der Waals surface area (Å²) in [6.07, 6.45) is 1.28. The number of hydrogen-bond acceptors (Lipinski definition) is 6. The summed E-state index contributed by atoms with van der Waals surface area (Å²) in [6, 6.07) is 18.4. The lowest BCUT2D eigenvalue weighted by Crippen LogP contribution is -2.32. The fourth-order valence-corrected chi connectivity index (χ4v) is 3.10. The number of rotatable bonds is 6. The Morgan fingerprint density at radius 1 is 0.970 bits per heavy atom. The minimum atomic E-state index is -0.945. The standard InChI is InChI=1S/C24H20BrN3O5/c1-15-4-3-5-19(12-15)27-22(29)23(30)28-26-14-17-13-18(25)8-11-21(17)33-24(31)16-6-9-20(32-2)10-7-16/h3-14H,1-2H3,(H,27,29)(H,28,30)/b26-14+. The fraction of sp³-hybridized carbons (Fsp3) is 0.0833. The number of benzene rings is 3. The molecular formula is C24H20BrN3O5. The van der Waals surface area contributed by atoms with Crippen molar-refractivity contribution in [3.05, 3.63) is 87.9 Å². The second kappa shape index (κ2) is 11.1. The Morgan fingerprint density at radius 3 is 2.42 bits per heavy atom. The maximum Gasteiger partial charge on any atom is 0.343 e. The summed E-state index contributed by atoms with van der Waals surface area (Å²) in [5, 5.41) is 6.31. The van der Waals surface area contributed by atoms with E-state index >= 15 is 0 Å². The molecule has 33 heavy (non-hydrogen) atoms. The monoisotopic (exact) mass is 509 g/mol. The van der Waals surface area contributed by atoms with Crippen LogP contribution in [0, 0.1) is 6.92 Å². The minimum absolute atomic E-state index is 0.223. The first kappa shape index (κ1) is 23.7. The molecule has 0 saturated carbocycles. The summed E-state index contributed by atoms with van der Waals surface area (Å²) in [5.74, 6) is -1.54. The highest BCUT2D eigenvalue weighted by molar-refractivity contribution is 9.10. The summed E-state index contributed by atoms with van der Waals surface area (Å²) in [5.41, 5.74) is 4.34.